The summed E-state index contributed by atoms with van der Waals surface area (Å²) in [5, 5.41) is 13.3. The molecule has 1 spiro atoms. The van der Waals surface area contributed by atoms with E-state index < -0.39 is 19.8 Å². The molecule has 0 aliphatic carbocycles. The maximum absolute atomic E-state index is 15.2. The third-order valence-electron chi connectivity index (χ3n) is 13.1. The van der Waals surface area contributed by atoms with Gasteiger partial charge in [-0.1, -0.05) is 91.9 Å². The monoisotopic (exact) mass is 765 g/mol. The molecule has 9 rings (SSSR count). The lowest BCUT2D eigenvalue weighted by atomic mass is 9.82. The Morgan fingerprint density at radius 2 is 1.62 bits per heavy atom. The van der Waals surface area contributed by atoms with Gasteiger partial charge < -0.3 is 24.4 Å². The van der Waals surface area contributed by atoms with E-state index in [1.165, 1.54) is 5.19 Å². The smallest absolute Gasteiger partial charge is 0.264 e. The second-order valence-corrected chi connectivity index (χ2v) is 21.0. The van der Waals surface area contributed by atoms with Crippen molar-refractivity contribution in [1.82, 2.24) is 4.90 Å². The van der Waals surface area contributed by atoms with Crippen LogP contribution in [0.15, 0.2) is 109 Å². The lowest BCUT2D eigenvalue weighted by Gasteiger charge is -2.37. The Morgan fingerprint density at radius 1 is 0.911 bits per heavy atom. The molecule has 10 heteroatoms. The van der Waals surface area contributed by atoms with Crippen molar-refractivity contribution >= 4 is 58.8 Å². The first-order chi connectivity index (χ1) is 27.1. The van der Waals surface area contributed by atoms with E-state index in [1.807, 2.05) is 107 Å². The Morgan fingerprint density at radius 3 is 2.36 bits per heavy atom. The summed E-state index contributed by atoms with van der Waals surface area (Å²) in [6.45, 7) is 7.64. The lowest BCUT2D eigenvalue weighted by Crippen LogP contribution is -2.52. The maximum Gasteiger partial charge on any atom is 0.264 e. The lowest BCUT2D eigenvalue weighted by molar-refractivity contribution is -0.150. The molecule has 5 aromatic carbocycles. The molecule has 2 fully saturated rings. The molecule has 0 saturated carbocycles. The van der Waals surface area contributed by atoms with E-state index in [9.17, 15) is 14.7 Å². The predicted octanol–water partition coefficient (Wildman–Crippen LogP) is 7.28. The number of methoxy groups -OCH3 is 1. The van der Waals surface area contributed by atoms with Crippen molar-refractivity contribution in [3.8, 4) is 5.75 Å². The summed E-state index contributed by atoms with van der Waals surface area (Å²) in [5.74, 6) is 0.318. The van der Waals surface area contributed by atoms with Crippen molar-refractivity contribution in [1.29, 1.82) is 0 Å². The van der Waals surface area contributed by atoms with Gasteiger partial charge in [0.2, 0.25) is 5.91 Å². The summed E-state index contributed by atoms with van der Waals surface area (Å²) in [6, 6.07) is 35.6. The highest BCUT2D eigenvalue weighted by molar-refractivity contribution is 6.91. The summed E-state index contributed by atoms with van der Waals surface area (Å²) in [5.41, 5.74) is 3.52. The molecule has 5 aromatic rings. The number of amides is 3. The third-order valence-corrected chi connectivity index (χ3v) is 17.5. The van der Waals surface area contributed by atoms with Gasteiger partial charge in [0, 0.05) is 29.1 Å². The van der Waals surface area contributed by atoms with E-state index in [0.29, 0.717) is 18.7 Å². The molecule has 0 bridgehead atoms. The van der Waals surface area contributed by atoms with Gasteiger partial charge in [0.1, 0.15) is 5.75 Å². The number of likely N-dealkylation sites (tertiary alicyclic amines) is 1. The van der Waals surface area contributed by atoms with Crippen molar-refractivity contribution in [3.63, 3.8) is 0 Å². The van der Waals surface area contributed by atoms with E-state index >= 15 is 4.79 Å². The Balaban J connectivity index is 1.05. The van der Waals surface area contributed by atoms with Gasteiger partial charge in [-0.05, 0) is 71.8 Å². The van der Waals surface area contributed by atoms with Crippen LogP contribution in [0.3, 0.4) is 0 Å². The van der Waals surface area contributed by atoms with Gasteiger partial charge in [0.15, 0.2) is 5.60 Å². The highest BCUT2D eigenvalue weighted by atomic mass is 28.3. The second kappa shape index (κ2) is 13.7. The van der Waals surface area contributed by atoms with E-state index in [2.05, 4.69) is 32.2 Å². The number of anilines is 3. The van der Waals surface area contributed by atoms with Crippen LogP contribution in [-0.4, -0.2) is 68.2 Å². The number of nitrogens with zero attached hydrogens (tertiary/aromatic N) is 3. The summed E-state index contributed by atoms with van der Waals surface area (Å²) < 4.78 is 12.7. The van der Waals surface area contributed by atoms with E-state index in [0.717, 1.165) is 57.6 Å². The predicted molar refractivity (Wildman–Crippen MR) is 221 cm³/mol. The van der Waals surface area contributed by atoms with Gasteiger partial charge in [-0.25, -0.2) is 0 Å². The molecular weight excluding hydrogens is 719 g/mol. The number of benzene rings is 5. The number of rotatable bonds is 9. The van der Waals surface area contributed by atoms with Crippen LogP contribution in [0.1, 0.15) is 47.7 Å². The van der Waals surface area contributed by atoms with Crippen molar-refractivity contribution in [3.05, 3.63) is 126 Å². The Bertz CT molecular complexity index is 2360. The van der Waals surface area contributed by atoms with Gasteiger partial charge in [-0.2, -0.15) is 0 Å². The molecule has 0 aromatic heterocycles. The molecule has 56 heavy (non-hydrogen) atoms. The minimum atomic E-state index is -2.45. The average Bonchev–Trinajstić information content (AvgIpc) is 3.95. The molecule has 1 N–H and O–H groups in total. The fourth-order valence-electron chi connectivity index (χ4n) is 10.4. The summed E-state index contributed by atoms with van der Waals surface area (Å²) in [4.78, 5) is 48.4. The largest absolute Gasteiger partial charge is 0.497 e. The minimum Gasteiger partial charge on any atom is -0.497 e. The van der Waals surface area contributed by atoms with Crippen LogP contribution < -0.4 is 19.7 Å². The first kappa shape index (κ1) is 36.4. The van der Waals surface area contributed by atoms with Gasteiger partial charge in [-0.15, -0.1) is 0 Å². The fraction of sp³-hybridized carbons (Fsp3) is 0.326. The highest BCUT2D eigenvalue weighted by Crippen LogP contribution is 2.60. The quantitative estimate of drug-likeness (QED) is 0.159. The van der Waals surface area contributed by atoms with E-state index in [1.54, 1.807) is 12.0 Å². The molecule has 2 saturated heterocycles. The molecule has 0 radical (unpaired) electrons. The second-order valence-electron chi connectivity index (χ2n) is 16.3. The van der Waals surface area contributed by atoms with Crippen LogP contribution >= 0.6 is 0 Å². The van der Waals surface area contributed by atoms with Crippen molar-refractivity contribution < 1.29 is 29.0 Å². The third kappa shape index (κ3) is 5.44. The van der Waals surface area contributed by atoms with E-state index in [4.69, 9.17) is 9.47 Å². The number of ether oxygens (including phenoxy) is 2. The van der Waals surface area contributed by atoms with Crippen LogP contribution in [0.4, 0.5) is 17.1 Å². The first-order valence-electron chi connectivity index (χ1n) is 19.7. The van der Waals surface area contributed by atoms with Gasteiger partial charge in [-0.3, -0.25) is 19.3 Å². The number of aliphatic hydroxyl groups is 1. The zero-order valence-electron chi connectivity index (χ0n) is 32.3. The standard InChI is InChI=1S/C46H47N3O6Si/c1-29-43(56(3,4)35-23-21-34(54-2)22-24-35)40(26-41(51)47-25-9-12-33(47)28-50)55-46(29)37-14-5-6-15-38(37)48(45(46)53)27-30-17-19-32(20-18-30)49-39-16-8-11-31-10-7-13-36(42(31)39)44(49)52/h5-8,10-11,13-24,29,33,40,43,50H,9,12,25-28H2,1-4H3/t29-,33-,40+,43-,46+/m0/s1. The summed E-state index contributed by atoms with van der Waals surface area (Å²) >= 11 is 0. The van der Waals surface area contributed by atoms with Crippen LogP contribution in [0, 0.1) is 5.92 Å². The van der Waals surface area contributed by atoms with E-state index in [-0.39, 0.29) is 48.3 Å². The molecular formula is C46H47N3O6Si. The minimum absolute atomic E-state index is 0.0353. The number of aliphatic hydroxyl groups excluding tert-OH is 1. The molecule has 0 unspecified atom stereocenters. The normalized spacial score (nSPS) is 24.2. The van der Waals surface area contributed by atoms with Crippen molar-refractivity contribution in [2.45, 2.75) is 69.1 Å². The van der Waals surface area contributed by atoms with Crippen LogP contribution in [0.2, 0.25) is 18.6 Å². The SMILES string of the molecule is COc1ccc([Si](C)(C)[C@@H]2[C@@H](CC(=O)N3CCC[C@H]3CO)O[C@]3(C(=O)N(Cc4ccc(N5C(=O)c6cccc7cccc5c67)cc4)c4ccccc43)[C@H]2C)cc1. The topological polar surface area (TPSA) is 99.6 Å². The Kier molecular flexibility index (Phi) is 8.91. The molecule has 4 heterocycles. The van der Waals surface area contributed by atoms with Crippen LogP contribution in [0.5, 0.6) is 5.75 Å². The van der Waals surface area contributed by atoms with Gasteiger partial charge in [0.25, 0.3) is 11.8 Å². The molecule has 4 aliphatic rings. The molecule has 9 nitrogen and oxygen atoms in total. The van der Waals surface area contributed by atoms with Crippen LogP contribution in [0.25, 0.3) is 10.8 Å². The Hall–Kier alpha value is -5.29. The molecule has 286 valence electrons. The summed E-state index contributed by atoms with van der Waals surface area (Å²) in [6.07, 6.45) is 1.27. The average molecular weight is 766 g/mol. The zero-order chi connectivity index (χ0) is 38.9. The van der Waals surface area contributed by atoms with Crippen molar-refractivity contribution in [2.75, 3.05) is 30.1 Å². The number of fused-ring (bicyclic) bond motifs is 2. The number of carbonyl (C=O) groups excluding carboxylic acids is 3. The zero-order valence-corrected chi connectivity index (χ0v) is 33.3. The number of carbonyl (C=O) groups is 3. The van der Waals surface area contributed by atoms with Crippen LogP contribution in [-0.2, 0) is 26.5 Å². The highest BCUT2D eigenvalue weighted by Gasteiger charge is 2.66. The number of hydrogen-bond acceptors (Lipinski definition) is 6. The summed E-state index contributed by atoms with van der Waals surface area (Å²) in [7, 11) is -0.792. The molecule has 3 amide bonds. The van der Waals surface area contributed by atoms with Gasteiger partial charge >= 0.3 is 0 Å². The first-order valence-corrected chi connectivity index (χ1v) is 22.8. The van der Waals surface area contributed by atoms with Crippen molar-refractivity contribution in [2.24, 2.45) is 5.92 Å². The number of hydrogen-bond donors (Lipinski definition) is 1. The maximum atomic E-state index is 15.2. The number of para-hydroxylation sites is 1. The Labute approximate surface area is 328 Å². The van der Waals surface area contributed by atoms with Gasteiger partial charge in [0.05, 0.1) is 63.8 Å². The molecule has 4 aliphatic heterocycles. The fourth-order valence-corrected chi connectivity index (χ4v) is 14.4. The molecule has 5 atom stereocenters.